The number of hydrogen-bond donors (Lipinski definition) is 0. The fraction of sp³-hybridized carbons (Fsp3) is 0.167. The Balaban J connectivity index is 2.56. The van der Waals surface area contributed by atoms with Crippen LogP contribution < -0.4 is 0 Å². The zero-order chi connectivity index (χ0) is 11.7. The lowest BCUT2D eigenvalue weighted by atomic mass is 10.2. The second-order valence-corrected chi connectivity index (χ2v) is 3.59. The van der Waals surface area contributed by atoms with Crippen LogP contribution in [0.2, 0.25) is 0 Å². The van der Waals surface area contributed by atoms with Crippen molar-refractivity contribution in [1.29, 1.82) is 0 Å². The lowest BCUT2D eigenvalue weighted by Crippen LogP contribution is -1.99. The van der Waals surface area contributed by atoms with Crippen molar-refractivity contribution in [3.63, 3.8) is 0 Å². The number of carbonyl (C=O) groups excluding carboxylic acids is 1. The number of carbonyl (C=O) groups is 1. The SMILES string of the molecule is Cc1nn(-c2ccc(F)cc2)c(C)c1C=O. The molecule has 1 heterocycles. The number of aldehydes is 1. The molecule has 0 saturated carbocycles. The van der Waals surface area contributed by atoms with Crippen molar-refractivity contribution in [2.24, 2.45) is 0 Å². The Bertz CT molecular complexity index is 529. The summed E-state index contributed by atoms with van der Waals surface area (Å²) >= 11 is 0. The predicted octanol–water partition coefficient (Wildman–Crippen LogP) is 2.44. The van der Waals surface area contributed by atoms with Gasteiger partial charge >= 0.3 is 0 Å². The average Bonchev–Trinajstić information content (AvgIpc) is 2.55. The highest BCUT2D eigenvalue weighted by Crippen LogP contribution is 2.16. The van der Waals surface area contributed by atoms with Gasteiger partial charge in [-0.2, -0.15) is 5.10 Å². The molecule has 3 nitrogen and oxygen atoms in total. The standard InChI is InChI=1S/C12H11FN2O/c1-8-12(7-16)9(2)15(14-8)11-5-3-10(13)4-6-11/h3-7H,1-2H3. The molecular formula is C12H11FN2O. The summed E-state index contributed by atoms with van der Waals surface area (Å²) in [5, 5.41) is 4.24. The Kier molecular flexibility index (Phi) is 2.56. The molecule has 0 atom stereocenters. The topological polar surface area (TPSA) is 34.9 Å². The summed E-state index contributed by atoms with van der Waals surface area (Å²) in [6.45, 7) is 3.59. The van der Waals surface area contributed by atoms with Gasteiger partial charge in [0.15, 0.2) is 6.29 Å². The van der Waals surface area contributed by atoms with E-state index in [1.165, 1.54) is 12.1 Å². The van der Waals surface area contributed by atoms with E-state index in [0.717, 1.165) is 17.7 Å². The summed E-state index contributed by atoms with van der Waals surface area (Å²) in [5.74, 6) is -0.291. The van der Waals surface area contributed by atoms with Crippen LogP contribution in [0.3, 0.4) is 0 Å². The fourth-order valence-corrected chi connectivity index (χ4v) is 1.66. The van der Waals surface area contributed by atoms with Crippen LogP contribution in [-0.4, -0.2) is 16.1 Å². The van der Waals surface area contributed by atoms with E-state index in [9.17, 15) is 9.18 Å². The van der Waals surface area contributed by atoms with Crippen LogP contribution in [0.15, 0.2) is 24.3 Å². The van der Waals surface area contributed by atoms with Crippen molar-refractivity contribution < 1.29 is 9.18 Å². The van der Waals surface area contributed by atoms with Crippen molar-refractivity contribution in [2.45, 2.75) is 13.8 Å². The van der Waals surface area contributed by atoms with E-state index >= 15 is 0 Å². The number of halogens is 1. The van der Waals surface area contributed by atoms with Gasteiger partial charge in [0.1, 0.15) is 5.82 Å². The van der Waals surface area contributed by atoms with Gasteiger partial charge in [-0.25, -0.2) is 9.07 Å². The first-order valence-electron chi connectivity index (χ1n) is 4.91. The number of aromatic nitrogens is 2. The largest absolute Gasteiger partial charge is 0.298 e. The van der Waals surface area contributed by atoms with Crippen LogP contribution in [0.1, 0.15) is 21.7 Å². The van der Waals surface area contributed by atoms with Crippen LogP contribution >= 0.6 is 0 Å². The molecule has 16 heavy (non-hydrogen) atoms. The predicted molar refractivity (Wildman–Crippen MR) is 58.4 cm³/mol. The first-order chi connectivity index (χ1) is 7.63. The molecule has 0 N–H and O–H groups in total. The smallest absolute Gasteiger partial charge is 0.153 e. The molecule has 0 spiro atoms. The van der Waals surface area contributed by atoms with Gasteiger partial charge in [0.2, 0.25) is 0 Å². The van der Waals surface area contributed by atoms with E-state index in [4.69, 9.17) is 0 Å². The van der Waals surface area contributed by atoms with E-state index in [1.54, 1.807) is 23.7 Å². The average molecular weight is 218 g/mol. The molecule has 4 heteroatoms. The molecule has 1 aromatic carbocycles. The Morgan fingerprint density at radius 3 is 2.38 bits per heavy atom. The summed E-state index contributed by atoms with van der Waals surface area (Å²) in [4.78, 5) is 10.8. The van der Waals surface area contributed by atoms with Gasteiger partial charge in [0.25, 0.3) is 0 Å². The van der Waals surface area contributed by atoms with Crippen LogP contribution in [0, 0.1) is 19.7 Å². The number of benzene rings is 1. The van der Waals surface area contributed by atoms with Crippen molar-refractivity contribution in [3.05, 3.63) is 47.0 Å². The van der Waals surface area contributed by atoms with Crippen LogP contribution in [0.5, 0.6) is 0 Å². The molecule has 0 aliphatic rings. The first kappa shape index (κ1) is 10.5. The number of nitrogens with zero attached hydrogens (tertiary/aromatic N) is 2. The van der Waals surface area contributed by atoms with Crippen LogP contribution in [0.25, 0.3) is 5.69 Å². The Morgan fingerprint density at radius 1 is 1.25 bits per heavy atom. The zero-order valence-electron chi connectivity index (χ0n) is 9.07. The lowest BCUT2D eigenvalue weighted by molar-refractivity contribution is 0.112. The molecule has 0 aliphatic carbocycles. The molecule has 0 bridgehead atoms. The molecule has 0 unspecified atom stereocenters. The van der Waals surface area contributed by atoms with E-state index in [-0.39, 0.29) is 5.82 Å². The fourth-order valence-electron chi connectivity index (χ4n) is 1.66. The summed E-state index contributed by atoms with van der Waals surface area (Å²) in [7, 11) is 0. The van der Waals surface area contributed by atoms with E-state index in [2.05, 4.69) is 5.10 Å². The Morgan fingerprint density at radius 2 is 1.88 bits per heavy atom. The van der Waals surface area contributed by atoms with Crippen LogP contribution in [0.4, 0.5) is 4.39 Å². The third kappa shape index (κ3) is 1.62. The zero-order valence-corrected chi connectivity index (χ0v) is 9.07. The van der Waals surface area contributed by atoms with Gasteiger partial charge in [-0.3, -0.25) is 4.79 Å². The van der Waals surface area contributed by atoms with E-state index in [0.29, 0.717) is 11.3 Å². The van der Waals surface area contributed by atoms with Crippen molar-refractivity contribution in [1.82, 2.24) is 9.78 Å². The minimum atomic E-state index is -0.291. The molecule has 0 radical (unpaired) electrons. The third-order valence-electron chi connectivity index (χ3n) is 2.54. The van der Waals surface area contributed by atoms with Crippen molar-refractivity contribution in [2.75, 3.05) is 0 Å². The van der Waals surface area contributed by atoms with Gasteiger partial charge in [0.05, 0.1) is 22.6 Å². The molecule has 0 amide bonds. The maximum atomic E-state index is 12.8. The highest BCUT2D eigenvalue weighted by Gasteiger charge is 2.11. The third-order valence-corrected chi connectivity index (χ3v) is 2.54. The van der Waals surface area contributed by atoms with Gasteiger partial charge in [-0.15, -0.1) is 0 Å². The molecule has 0 fully saturated rings. The maximum absolute atomic E-state index is 12.8. The summed E-state index contributed by atoms with van der Waals surface area (Å²) in [6.07, 6.45) is 0.789. The minimum absolute atomic E-state index is 0.291. The van der Waals surface area contributed by atoms with Crippen LogP contribution in [-0.2, 0) is 0 Å². The summed E-state index contributed by atoms with van der Waals surface area (Å²) in [5.41, 5.74) is 2.77. The molecular weight excluding hydrogens is 207 g/mol. The summed E-state index contributed by atoms with van der Waals surface area (Å²) < 4.78 is 14.4. The second-order valence-electron chi connectivity index (χ2n) is 3.59. The second kappa shape index (κ2) is 3.89. The van der Waals surface area contributed by atoms with E-state index < -0.39 is 0 Å². The normalized spacial score (nSPS) is 10.4. The van der Waals surface area contributed by atoms with Gasteiger partial charge < -0.3 is 0 Å². The molecule has 1 aromatic heterocycles. The van der Waals surface area contributed by atoms with Gasteiger partial charge in [-0.05, 0) is 38.1 Å². The highest BCUT2D eigenvalue weighted by atomic mass is 19.1. The monoisotopic (exact) mass is 218 g/mol. The lowest BCUT2D eigenvalue weighted by Gasteiger charge is -2.03. The first-order valence-corrected chi connectivity index (χ1v) is 4.91. The number of rotatable bonds is 2. The highest BCUT2D eigenvalue weighted by molar-refractivity contribution is 5.78. The summed E-state index contributed by atoms with van der Waals surface area (Å²) in [6, 6.07) is 5.99. The molecule has 82 valence electrons. The van der Waals surface area contributed by atoms with Gasteiger partial charge in [-0.1, -0.05) is 0 Å². The number of aryl methyl sites for hydroxylation is 1. The number of hydrogen-bond acceptors (Lipinski definition) is 2. The van der Waals surface area contributed by atoms with Crippen molar-refractivity contribution in [3.8, 4) is 5.69 Å². The molecule has 0 aliphatic heterocycles. The molecule has 2 rings (SSSR count). The molecule has 0 saturated heterocycles. The minimum Gasteiger partial charge on any atom is -0.298 e. The van der Waals surface area contributed by atoms with E-state index in [1.807, 2.05) is 6.92 Å². The Hall–Kier alpha value is -1.97. The molecule has 2 aromatic rings. The maximum Gasteiger partial charge on any atom is 0.153 e. The quantitative estimate of drug-likeness (QED) is 0.725. The Labute approximate surface area is 92.5 Å². The van der Waals surface area contributed by atoms with Crippen molar-refractivity contribution >= 4 is 6.29 Å². The van der Waals surface area contributed by atoms with Gasteiger partial charge in [0, 0.05) is 0 Å².